The molecule has 3 aromatic rings. The van der Waals surface area contributed by atoms with E-state index < -0.39 is 0 Å². The number of aromatic nitrogens is 2. The molecular formula is C20H21N3O2. The summed E-state index contributed by atoms with van der Waals surface area (Å²) in [5.74, 6) is 0.554. The summed E-state index contributed by atoms with van der Waals surface area (Å²) in [5.41, 5.74) is 2.59. The number of carbonyl (C=O) groups is 1. The van der Waals surface area contributed by atoms with Gasteiger partial charge in [-0.1, -0.05) is 6.07 Å². The molecule has 2 N–H and O–H groups in total. The van der Waals surface area contributed by atoms with Crippen molar-refractivity contribution < 1.29 is 9.53 Å². The lowest BCUT2D eigenvalue weighted by atomic mass is 10.1. The highest BCUT2D eigenvalue weighted by Crippen LogP contribution is 2.23. The monoisotopic (exact) mass is 335 g/mol. The van der Waals surface area contributed by atoms with Crippen LogP contribution in [0.4, 0.5) is 0 Å². The average molecular weight is 335 g/mol. The summed E-state index contributed by atoms with van der Waals surface area (Å²) in [5, 5.41) is 4.05. The molecule has 1 fully saturated rings. The molecule has 128 valence electrons. The number of nitrogens with one attached hydrogen (secondary N) is 2. The standard InChI is InChI=1S/C20H21N3O2/c24-20(16-6-5-15-8-10-21-18(15)12-16)23-13-14-7-9-22-19(11-14)25-17-3-1-2-4-17/h5-12,17,21H,1-4,13H2,(H,23,24). The Bertz CT molecular complexity index is 881. The minimum absolute atomic E-state index is 0.0911. The van der Waals surface area contributed by atoms with Crippen molar-refractivity contribution in [2.45, 2.75) is 38.3 Å². The second kappa shape index (κ2) is 6.97. The van der Waals surface area contributed by atoms with Crippen LogP contribution in [0.1, 0.15) is 41.6 Å². The Morgan fingerprint density at radius 1 is 1.20 bits per heavy atom. The molecule has 0 saturated heterocycles. The van der Waals surface area contributed by atoms with Crippen LogP contribution >= 0.6 is 0 Å². The molecule has 2 aromatic heterocycles. The van der Waals surface area contributed by atoms with Crippen molar-refractivity contribution in [2.24, 2.45) is 0 Å². The topological polar surface area (TPSA) is 67.0 Å². The van der Waals surface area contributed by atoms with E-state index in [0.29, 0.717) is 18.0 Å². The largest absolute Gasteiger partial charge is 0.474 e. The van der Waals surface area contributed by atoms with Crippen molar-refractivity contribution in [2.75, 3.05) is 0 Å². The van der Waals surface area contributed by atoms with Crippen LogP contribution in [0.15, 0.2) is 48.8 Å². The third-order valence-electron chi connectivity index (χ3n) is 4.66. The van der Waals surface area contributed by atoms with Gasteiger partial charge in [-0.25, -0.2) is 4.98 Å². The normalized spacial score (nSPS) is 14.7. The summed E-state index contributed by atoms with van der Waals surface area (Å²) in [6.45, 7) is 0.450. The van der Waals surface area contributed by atoms with E-state index in [4.69, 9.17) is 4.74 Å². The SMILES string of the molecule is O=C(NCc1ccnc(OC2CCCC2)c1)c1ccc2cc[nH]c2c1. The third-order valence-corrected chi connectivity index (χ3v) is 4.66. The van der Waals surface area contributed by atoms with Gasteiger partial charge in [-0.2, -0.15) is 0 Å². The molecule has 25 heavy (non-hydrogen) atoms. The molecule has 0 unspecified atom stereocenters. The van der Waals surface area contributed by atoms with E-state index in [0.717, 1.165) is 29.3 Å². The molecule has 2 heterocycles. The number of H-pyrrole nitrogens is 1. The number of rotatable bonds is 5. The zero-order chi connectivity index (χ0) is 17.1. The van der Waals surface area contributed by atoms with E-state index in [1.54, 1.807) is 6.20 Å². The zero-order valence-electron chi connectivity index (χ0n) is 14.0. The van der Waals surface area contributed by atoms with Crippen molar-refractivity contribution in [3.05, 3.63) is 59.9 Å². The van der Waals surface area contributed by atoms with Gasteiger partial charge in [0.05, 0.1) is 0 Å². The molecule has 4 rings (SSSR count). The Morgan fingerprint density at radius 2 is 2.08 bits per heavy atom. The van der Waals surface area contributed by atoms with Gasteiger partial charge in [0.25, 0.3) is 5.91 Å². The van der Waals surface area contributed by atoms with Gasteiger partial charge in [0.15, 0.2) is 0 Å². The van der Waals surface area contributed by atoms with Gasteiger partial charge in [0.2, 0.25) is 5.88 Å². The second-order valence-electron chi connectivity index (χ2n) is 6.49. The molecule has 0 bridgehead atoms. The molecule has 5 heteroatoms. The lowest BCUT2D eigenvalue weighted by molar-refractivity contribution is 0.0951. The highest BCUT2D eigenvalue weighted by atomic mass is 16.5. The first-order valence-corrected chi connectivity index (χ1v) is 8.75. The van der Waals surface area contributed by atoms with Crippen LogP contribution in [0, 0.1) is 0 Å². The Balaban J connectivity index is 1.39. The van der Waals surface area contributed by atoms with Gasteiger partial charge in [0.1, 0.15) is 6.10 Å². The maximum Gasteiger partial charge on any atom is 0.251 e. The fraction of sp³-hybridized carbons (Fsp3) is 0.300. The van der Waals surface area contributed by atoms with E-state index in [2.05, 4.69) is 15.3 Å². The zero-order valence-corrected chi connectivity index (χ0v) is 14.0. The average Bonchev–Trinajstić information content (AvgIpc) is 3.30. The number of benzene rings is 1. The highest BCUT2D eigenvalue weighted by Gasteiger charge is 2.17. The number of hydrogen-bond acceptors (Lipinski definition) is 3. The first kappa shape index (κ1) is 15.7. The minimum atomic E-state index is -0.0911. The molecule has 1 aliphatic rings. The van der Waals surface area contributed by atoms with Crippen molar-refractivity contribution in [3.63, 3.8) is 0 Å². The minimum Gasteiger partial charge on any atom is -0.474 e. The van der Waals surface area contributed by atoms with Crippen molar-refractivity contribution in [3.8, 4) is 5.88 Å². The van der Waals surface area contributed by atoms with Crippen molar-refractivity contribution >= 4 is 16.8 Å². The Hall–Kier alpha value is -2.82. The molecule has 0 atom stereocenters. The maximum absolute atomic E-state index is 12.4. The molecule has 5 nitrogen and oxygen atoms in total. The van der Waals surface area contributed by atoms with Crippen LogP contribution in [0.5, 0.6) is 5.88 Å². The number of ether oxygens (including phenoxy) is 1. The Kier molecular flexibility index (Phi) is 4.37. The molecule has 0 aliphatic heterocycles. The first-order chi connectivity index (χ1) is 12.3. The smallest absolute Gasteiger partial charge is 0.251 e. The number of aromatic amines is 1. The molecule has 0 radical (unpaired) electrons. The second-order valence-corrected chi connectivity index (χ2v) is 6.49. The van der Waals surface area contributed by atoms with Gasteiger partial charge in [-0.05, 0) is 60.9 Å². The van der Waals surface area contributed by atoms with Gasteiger partial charge in [-0.3, -0.25) is 4.79 Å². The first-order valence-electron chi connectivity index (χ1n) is 8.75. The van der Waals surface area contributed by atoms with Crippen LogP contribution in [-0.4, -0.2) is 22.0 Å². The predicted molar refractivity (Wildman–Crippen MR) is 96.6 cm³/mol. The fourth-order valence-corrected chi connectivity index (χ4v) is 3.28. The number of pyridine rings is 1. The summed E-state index contributed by atoms with van der Waals surface area (Å²) in [7, 11) is 0. The van der Waals surface area contributed by atoms with Crippen LogP contribution in [0.2, 0.25) is 0 Å². The molecular weight excluding hydrogens is 314 g/mol. The molecule has 1 aromatic carbocycles. The Morgan fingerprint density at radius 3 is 2.96 bits per heavy atom. The van der Waals surface area contributed by atoms with Crippen LogP contribution < -0.4 is 10.1 Å². The summed E-state index contributed by atoms with van der Waals surface area (Å²) in [6, 6.07) is 11.4. The number of amides is 1. The summed E-state index contributed by atoms with van der Waals surface area (Å²) < 4.78 is 5.92. The molecule has 1 aliphatic carbocycles. The van der Waals surface area contributed by atoms with Gasteiger partial charge < -0.3 is 15.0 Å². The van der Waals surface area contributed by atoms with Crippen LogP contribution in [0.25, 0.3) is 10.9 Å². The predicted octanol–water partition coefficient (Wildman–Crippen LogP) is 3.81. The van der Waals surface area contributed by atoms with Crippen molar-refractivity contribution in [1.29, 1.82) is 0 Å². The highest BCUT2D eigenvalue weighted by molar-refractivity contribution is 5.97. The lowest BCUT2D eigenvalue weighted by Crippen LogP contribution is -2.22. The van der Waals surface area contributed by atoms with Crippen molar-refractivity contribution in [1.82, 2.24) is 15.3 Å². The summed E-state index contributed by atoms with van der Waals surface area (Å²) in [4.78, 5) is 19.8. The number of hydrogen-bond donors (Lipinski definition) is 2. The summed E-state index contributed by atoms with van der Waals surface area (Å²) in [6.07, 6.45) is 8.54. The van der Waals surface area contributed by atoms with Crippen LogP contribution in [-0.2, 0) is 6.54 Å². The third kappa shape index (κ3) is 3.65. The summed E-state index contributed by atoms with van der Waals surface area (Å²) >= 11 is 0. The molecule has 1 saturated carbocycles. The van der Waals surface area contributed by atoms with E-state index in [-0.39, 0.29) is 12.0 Å². The maximum atomic E-state index is 12.4. The van der Waals surface area contributed by atoms with E-state index >= 15 is 0 Å². The van der Waals surface area contributed by atoms with E-state index in [9.17, 15) is 4.79 Å². The molecule has 1 amide bonds. The Labute approximate surface area is 146 Å². The van der Waals surface area contributed by atoms with Gasteiger partial charge in [0, 0.05) is 36.1 Å². The number of carbonyl (C=O) groups excluding carboxylic acids is 1. The quantitative estimate of drug-likeness (QED) is 0.745. The lowest BCUT2D eigenvalue weighted by Gasteiger charge is -2.13. The fourth-order valence-electron chi connectivity index (χ4n) is 3.28. The van der Waals surface area contributed by atoms with E-state index in [1.165, 1.54) is 12.8 Å². The molecule has 0 spiro atoms. The number of nitrogens with zero attached hydrogens (tertiary/aromatic N) is 1. The number of fused-ring (bicyclic) bond motifs is 1. The van der Waals surface area contributed by atoms with Gasteiger partial charge >= 0.3 is 0 Å². The van der Waals surface area contributed by atoms with Gasteiger partial charge in [-0.15, -0.1) is 0 Å². The van der Waals surface area contributed by atoms with Crippen LogP contribution in [0.3, 0.4) is 0 Å². The van der Waals surface area contributed by atoms with E-state index in [1.807, 2.05) is 42.6 Å².